The molecule has 0 aliphatic heterocycles. The molecule has 0 aliphatic rings. The maximum atomic E-state index is 12.7. The van der Waals surface area contributed by atoms with Crippen LogP contribution >= 0.6 is 0 Å². The van der Waals surface area contributed by atoms with Gasteiger partial charge < -0.3 is 5.32 Å². The van der Waals surface area contributed by atoms with Crippen LogP contribution in [-0.4, -0.2) is 20.9 Å². The van der Waals surface area contributed by atoms with E-state index in [1.165, 1.54) is 0 Å². The van der Waals surface area contributed by atoms with Crippen molar-refractivity contribution in [2.45, 2.75) is 31.5 Å². The minimum absolute atomic E-state index is 0.218. The molecule has 5 nitrogen and oxygen atoms in total. The van der Waals surface area contributed by atoms with E-state index in [2.05, 4.69) is 5.32 Å². The monoisotopic (exact) mass is 400 g/mol. The zero-order valence-corrected chi connectivity index (χ0v) is 15.5. The van der Waals surface area contributed by atoms with Gasteiger partial charge in [0, 0.05) is 6.54 Å². The first kappa shape index (κ1) is 20.9. The molecular weight excluding hydrogens is 381 g/mol. The summed E-state index contributed by atoms with van der Waals surface area (Å²) >= 11 is 0. The highest BCUT2D eigenvalue weighted by Gasteiger charge is 2.31. The summed E-state index contributed by atoms with van der Waals surface area (Å²) in [5.74, 6) is -0.592. The SMILES string of the molecule is Cc1ccc(CNC(=O)CNS(=O)(=O)c2cccc(C(F)(F)F)c2)c(C)c1. The van der Waals surface area contributed by atoms with Crippen LogP contribution in [0.5, 0.6) is 0 Å². The smallest absolute Gasteiger partial charge is 0.351 e. The summed E-state index contributed by atoms with van der Waals surface area (Å²) in [4.78, 5) is 11.3. The van der Waals surface area contributed by atoms with Crippen LogP contribution in [0.4, 0.5) is 13.2 Å². The number of carbonyl (C=O) groups excluding carboxylic acids is 1. The molecule has 2 aromatic carbocycles. The first-order valence-corrected chi connectivity index (χ1v) is 9.47. The number of hydrogen-bond donors (Lipinski definition) is 2. The van der Waals surface area contributed by atoms with Crippen molar-refractivity contribution in [2.75, 3.05) is 6.54 Å². The Labute approximate surface area is 155 Å². The Bertz CT molecular complexity index is 941. The van der Waals surface area contributed by atoms with Gasteiger partial charge >= 0.3 is 6.18 Å². The molecule has 2 aromatic rings. The average Bonchev–Trinajstić information content (AvgIpc) is 2.59. The van der Waals surface area contributed by atoms with E-state index in [0.29, 0.717) is 6.07 Å². The number of alkyl halides is 3. The maximum absolute atomic E-state index is 12.7. The summed E-state index contributed by atoms with van der Waals surface area (Å²) in [5.41, 5.74) is 1.87. The van der Waals surface area contributed by atoms with Gasteiger partial charge in [-0.3, -0.25) is 4.79 Å². The number of carbonyl (C=O) groups is 1. The minimum atomic E-state index is -4.66. The van der Waals surface area contributed by atoms with E-state index in [1.54, 1.807) is 0 Å². The second kappa shape index (κ2) is 8.10. The van der Waals surface area contributed by atoms with Crippen LogP contribution in [0.2, 0.25) is 0 Å². The Kier molecular flexibility index (Phi) is 6.27. The number of nitrogens with one attached hydrogen (secondary N) is 2. The van der Waals surface area contributed by atoms with Gasteiger partial charge in [-0.25, -0.2) is 13.1 Å². The van der Waals surface area contributed by atoms with Gasteiger partial charge in [-0.05, 0) is 43.2 Å². The van der Waals surface area contributed by atoms with Gasteiger partial charge in [0.25, 0.3) is 0 Å². The van der Waals surface area contributed by atoms with Gasteiger partial charge in [0.05, 0.1) is 17.0 Å². The Hall–Kier alpha value is -2.39. The second-order valence-electron chi connectivity index (χ2n) is 6.06. The first-order valence-electron chi connectivity index (χ1n) is 7.99. The molecule has 0 saturated heterocycles. The number of aryl methyl sites for hydroxylation is 2. The van der Waals surface area contributed by atoms with Gasteiger partial charge in [0.15, 0.2) is 0 Å². The van der Waals surface area contributed by atoms with Crippen molar-refractivity contribution >= 4 is 15.9 Å². The fraction of sp³-hybridized carbons (Fsp3) is 0.278. The molecule has 0 fully saturated rings. The third-order valence-electron chi connectivity index (χ3n) is 3.87. The molecule has 0 bridgehead atoms. The molecule has 0 saturated carbocycles. The van der Waals surface area contributed by atoms with Crippen molar-refractivity contribution in [3.05, 3.63) is 64.7 Å². The fourth-order valence-corrected chi connectivity index (χ4v) is 3.41. The van der Waals surface area contributed by atoms with Crippen molar-refractivity contribution in [3.63, 3.8) is 0 Å². The van der Waals surface area contributed by atoms with Crippen molar-refractivity contribution < 1.29 is 26.4 Å². The number of benzene rings is 2. The van der Waals surface area contributed by atoms with Crippen LogP contribution in [-0.2, 0) is 27.5 Å². The zero-order chi connectivity index (χ0) is 20.2. The molecular formula is C18H19F3N2O3S. The molecule has 0 aromatic heterocycles. The molecule has 0 atom stereocenters. The Morgan fingerprint density at radius 2 is 1.78 bits per heavy atom. The van der Waals surface area contributed by atoms with Crippen LogP contribution in [0.25, 0.3) is 0 Å². The molecule has 9 heteroatoms. The molecule has 0 heterocycles. The third kappa shape index (κ3) is 5.80. The molecule has 146 valence electrons. The second-order valence-corrected chi connectivity index (χ2v) is 7.82. The van der Waals surface area contributed by atoms with Crippen LogP contribution in [0.1, 0.15) is 22.3 Å². The fourth-order valence-electron chi connectivity index (χ4n) is 2.38. The highest BCUT2D eigenvalue weighted by Crippen LogP contribution is 2.30. The topological polar surface area (TPSA) is 75.3 Å². The van der Waals surface area contributed by atoms with Crippen molar-refractivity contribution in [1.82, 2.24) is 10.0 Å². The maximum Gasteiger partial charge on any atom is 0.416 e. The Morgan fingerprint density at radius 1 is 1.07 bits per heavy atom. The van der Waals surface area contributed by atoms with Crippen molar-refractivity contribution in [1.29, 1.82) is 0 Å². The predicted octanol–water partition coefficient (Wildman–Crippen LogP) is 2.92. The van der Waals surface area contributed by atoms with Gasteiger partial charge in [0.2, 0.25) is 15.9 Å². The lowest BCUT2D eigenvalue weighted by molar-refractivity contribution is -0.137. The molecule has 0 radical (unpaired) electrons. The summed E-state index contributed by atoms with van der Waals surface area (Å²) in [6.45, 7) is 3.47. The lowest BCUT2D eigenvalue weighted by Gasteiger charge is -2.11. The number of sulfonamides is 1. The molecule has 2 rings (SSSR count). The van der Waals surface area contributed by atoms with Gasteiger partial charge in [-0.2, -0.15) is 13.2 Å². The van der Waals surface area contributed by atoms with E-state index < -0.39 is 39.1 Å². The lowest BCUT2D eigenvalue weighted by atomic mass is 10.1. The van der Waals surface area contributed by atoms with Crippen molar-refractivity contribution in [2.24, 2.45) is 0 Å². The van der Waals surface area contributed by atoms with Gasteiger partial charge in [0.1, 0.15) is 0 Å². The largest absolute Gasteiger partial charge is 0.416 e. The van der Waals surface area contributed by atoms with E-state index in [4.69, 9.17) is 0 Å². The van der Waals surface area contributed by atoms with Crippen LogP contribution in [0, 0.1) is 13.8 Å². The molecule has 1 amide bonds. The Balaban J connectivity index is 1.97. The zero-order valence-electron chi connectivity index (χ0n) is 14.7. The standard InChI is InChI=1S/C18H19F3N2O3S/c1-12-6-7-14(13(2)8-12)10-22-17(24)11-23-27(25,26)16-5-3-4-15(9-16)18(19,20)21/h3-9,23H,10-11H2,1-2H3,(H,22,24). The highest BCUT2D eigenvalue weighted by atomic mass is 32.2. The Morgan fingerprint density at radius 3 is 2.41 bits per heavy atom. The minimum Gasteiger partial charge on any atom is -0.351 e. The van der Waals surface area contributed by atoms with E-state index in [9.17, 15) is 26.4 Å². The van der Waals surface area contributed by atoms with Gasteiger partial charge in [-0.15, -0.1) is 0 Å². The van der Waals surface area contributed by atoms with Gasteiger partial charge in [-0.1, -0.05) is 29.8 Å². The number of amides is 1. The number of rotatable bonds is 6. The normalized spacial score (nSPS) is 12.0. The summed E-state index contributed by atoms with van der Waals surface area (Å²) in [6, 6.07) is 9.04. The van der Waals surface area contributed by atoms with E-state index in [0.717, 1.165) is 34.9 Å². The first-order chi connectivity index (χ1) is 12.5. The third-order valence-corrected chi connectivity index (χ3v) is 5.27. The molecule has 0 unspecified atom stereocenters. The molecule has 0 spiro atoms. The van der Waals surface area contributed by atoms with Crippen LogP contribution < -0.4 is 10.0 Å². The van der Waals surface area contributed by atoms with Crippen LogP contribution in [0.3, 0.4) is 0 Å². The lowest BCUT2D eigenvalue weighted by Crippen LogP contribution is -2.36. The quantitative estimate of drug-likeness (QED) is 0.783. The average molecular weight is 400 g/mol. The van der Waals surface area contributed by atoms with E-state index in [-0.39, 0.29) is 6.54 Å². The summed E-state index contributed by atoms with van der Waals surface area (Å²) in [7, 11) is -4.25. The molecule has 27 heavy (non-hydrogen) atoms. The summed E-state index contributed by atoms with van der Waals surface area (Å²) in [6.07, 6.45) is -4.66. The highest BCUT2D eigenvalue weighted by molar-refractivity contribution is 7.89. The van der Waals surface area contributed by atoms with E-state index >= 15 is 0 Å². The van der Waals surface area contributed by atoms with Crippen LogP contribution in [0.15, 0.2) is 47.4 Å². The summed E-state index contributed by atoms with van der Waals surface area (Å²) < 4.78 is 64.4. The number of halogens is 3. The number of hydrogen-bond acceptors (Lipinski definition) is 3. The molecule has 2 N–H and O–H groups in total. The predicted molar refractivity (Wildman–Crippen MR) is 94.4 cm³/mol. The molecule has 0 aliphatic carbocycles. The van der Waals surface area contributed by atoms with Crippen molar-refractivity contribution in [3.8, 4) is 0 Å². The van der Waals surface area contributed by atoms with E-state index in [1.807, 2.05) is 36.8 Å². The summed E-state index contributed by atoms with van der Waals surface area (Å²) in [5, 5.41) is 2.57.